The summed E-state index contributed by atoms with van der Waals surface area (Å²) in [4.78, 5) is 35.3. The first kappa shape index (κ1) is 29.9. The summed E-state index contributed by atoms with van der Waals surface area (Å²) in [5.74, 6) is -2.68. The van der Waals surface area contributed by atoms with E-state index in [1.54, 1.807) is 17.7 Å². The van der Waals surface area contributed by atoms with Crippen LogP contribution in [0.1, 0.15) is 81.2 Å². The summed E-state index contributed by atoms with van der Waals surface area (Å²) in [5.41, 5.74) is 2.36. The second-order valence-corrected chi connectivity index (χ2v) is 10.6. The minimum Gasteiger partial charge on any atom is -0.491 e. The number of rotatable bonds is 12. The molecule has 0 radical (unpaired) electrons. The van der Waals surface area contributed by atoms with Gasteiger partial charge in [0.1, 0.15) is 24.1 Å². The van der Waals surface area contributed by atoms with Crippen molar-refractivity contribution in [3.8, 4) is 5.75 Å². The Balaban J connectivity index is 2.38. The van der Waals surface area contributed by atoms with Crippen LogP contribution < -0.4 is 10.1 Å². The number of carboxylic acids is 2. The van der Waals surface area contributed by atoms with Gasteiger partial charge < -0.3 is 29.9 Å². The number of nitrogens with one attached hydrogen (secondary N) is 1. The Bertz CT molecular complexity index is 1130. The molecule has 0 saturated heterocycles. The van der Waals surface area contributed by atoms with E-state index in [-0.39, 0.29) is 17.7 Å². The van der Waals surface area contributed by atoms with E-state index < -0.39 is 41.8 Å². The Morgan fingerprint density at radius 3 is 2.16 bits per heavy atom. The van der Waals surface area contributed by atoms with Gasteiger partial charge in [-0.1, -0.05) is 46.8 Å². The number of nitrogens with zero attached hydrogens (tertiary/aromatic N) is 1. The predicted octanol–water partition coefficient (Wildman–Crippen LogP) is 3.88. The standard InChI is InChI=1S/C28H40N2O7/c1-8-28(9-2,18-10-12-21(17(3)14-18)37-16-23(31)27(4,5)6)22-13-11-20(30(22)7)25(34)29-19(26(35)36)15-24(32)33/h10-14,19,23,31H,8-9,15-16H2,1-7H3,(H,29,34)(H,32,33)(H,35,36)/t19-,23?/m0/s1. The second-order valence-electron chi connectivity index (χ2n) is 10.6. The van der Waals surface area contributed by atoms with Crippen molar-refractivity contribution in [3.05, 3.63) is 52.8 Å². The molecule has 2 atom stereocenters. The normalized spacial score (nSPS) is 13.6. The fourth-order valence-corrected chi connectivity index (χ4v) is 4.52. The highest BCUT2D eigenvalue weighted by atomic mass is 16.5. The number of ether oxygens (including phenoxy) is 1. The molecule has 4 N–H and O–H groups in total. The number of benzene rings is 1. The van der Waals surface area contributed by atoms with E-state index in [1.807, 2.05) is 45.9 Å². The fourth-order valence-electron chi connectivity index (χ4n) is 4.52. The highest BCUT2D eigenvalue weighted by molar-refractivity contribution is 5.96. The quantitative estimate of drug-likeness (QED) is 0.336. The summed E-state index contributed by atoms with van der Waals surface area (Å²) in [6.45, 7) is 12.2. The highest BCUT2D eigenvalue weighted by Crippen LogP contribution is 2.41. The molecule has 2 aromatic rings. The highest BCUT2D eigenvalue weighted by Gasteiger charge is 2.35. The van der Waals surface area contributed by atoms with Crippen LogP contribution in [0, 0.1) is 12.3 Å². The van der Waals surface area contributed by atoms with Crippen LogP contribution >= 0.6 is 0 Å². The van der Waals surface area contributed by atoms with Crippen LogP contribution in [-0.4, -0.2) is 56.5 Å². The Morgan fingerprint density at radius 2 is 1.68 bits per heavy atom. The lowest BCUT2D eigenvalue weighted by atomic mass is 9.72. The van der Waals surface area contributed by atoms with Gasteiger partial charge in [-0.25, -0.2) is 4.79 Å². The van der Waals surface area contributed by atoms with E-state index >= 15 is 0 Å². The van der Waals surface area contributed by atoms with Crippen molar-refractivity contribution in [2.24, 2.45) is 12.5 Å². The van der Waals surface area contributed by atoms with Gasteiger partial charge in [0.25, 0.3) is 5.91 Å². The number of carboxylic acid groups (broad SMARTS) is 2. The summed E-state index contributed by atoms with van der Waals surface area (Å²) >= 11 is 0. The van der Waals surface area contributed by atoms with Crippen LogP contribution in [0.2, 0.25) is 0 Å². The molecule has 0 aliphatic carbocycles. The minimum atomic E-state index is -1.53. The number of aliphatic hydroxyl groups excluding tert-OH is 1. The van der Waals surface area contributed by atoms with Crippen LogP contribution in [0.4, 0.5) is 0 Å². The van der Waals surface area contributed by atoms with Gasteiger partial charge in [-0.05, 0) is 54.5 Å². The Morgan fingerprint density at radius 1 is 1.05 bits per heavy atom. The van der Waals surface area contributed by atoms with Gasteiger partial charge in [0.15, 0.2) is 0 Å². The third-order valence-corrected chi connectivity index (χ3v) is 7.16. The number of hydrogen-bond acceptors (Lipinski definition) is 5. The first-order chi connectivity index (χ1) is 17.2. The molecule has 204 valence electrons. The van der Waals surface area contributed by atoms with Crippen LogP contribution in [0.3, 0.4) is 0 Å². The molecule has 0 fully saturated rings. The van der Waals surface area contributed by atoms with Crippen molar-refractivity contribution in [1.29, 1.82) is 0 Å². The molecule has 1 amide bonds. The van der Waals surface area contributed by atoms with Gasteiger partial charge in [-0.2, -0.15) is 0 Å². The zero-order valence-corrected chi connectivity index (χ0v) is 22.8. The number of amides is 1. The van der Waals surface area contributed by atoms with Crippen molar-refractivity contribution in [3.63, 3.8) is 0 Å². The molecule has 1 unspecified atom stereocenters. The second kappa shape index (κ2) is 11.8. The number of aromatic nitrogens is 1. The SMILES string of the molecule is CCC(CC)(c1ccc(OCC(O)C(C)(C)C)c(C)c1)c1ccc(C(=O)N[C@@H](CC(=O)O)C(=O)O)n1C. The molecule has 0 spiro atoms. The van der Waals surface area contributed by atoms with Crippen molar-refractivity contribution in [2.45, 2.75) is 78.4 Å². The van der Waals surface area contributed by atoms with E-state index in [2.05, 4.69) is 25.2 Å². The molecule has 1 aromatic carbocycles. The number of hydrogen-bond donors (Lipinski definition) is 4. The summed E-state index contributed by atoms with van der Waals surface area (Å²) in [6, 6.07) is 7.92. The van der Waals surface area contributed by atoms with E-state index in [0.717, 1.165) is 29.7 Å². The predicted molar refractivity (Wildman–Crippen MR) is 140 cm³/mol. The Hall–Kier alpha value is -3.33. The molecule has 9 heteroatoms. The van der Waals surface area contributed by atoms with Crippen LogP contribution in [0.5, 0.6) is 5.75 Å². The van der Waals surface area contributed by atoms with Gasteiger partial charge >= 0.3 is 11.9 Å². The topological polar surface area (TPSA) is 138 Å². The third kappa shape index (κ3) is 6.71. The van der Waals surface area contributed by atoms with E-state index in [1.165, 1.54) is 0 Å². The average Bonchev–Trinajstić information content (AvgIpc) is 3.20. The first-order valence-corrected chi connectivity index (χ1v) is 12.5. The molecule has 1 aromatic heterocycles. The molecule has 2 rings (SSSR count). The van der Waals surface area contributed by atoms with Crippen LogP contribution in [-0.2, 0) is 22.1 Å². The largest absolute Gasteiger partial charge is 0.491 e. The fraction of sp³-hybridized carbons (Fsp3) is 0.536. The number of aliphatic hydroxyl groups is 1. The van der Waals surface area contributed by atoms with Gasteiger partial charge in [0, 0.05) is 18.2 Å². The number of aliphatic carboxylic acids is 2. The van der Waals surface area contributed by atoms with Gasteiger partial charge in [0.05, 0.1) is 12.5 Å². The zero-order valence-electron chi connectivity index (χ0n) is 22.8. The van der Waals surface area contributed by atoms with Crippen molar-refractivity contribution >= 4 is 17.8 Å². The van der Waals surface area contributed by atoms with Crippen LogP contribution in [0.15, 0.2) is 30.3 Å². The summed E-state index contributed by atoms with van der Waals surface area (Å²) in [5, 5.41) is 30.9. The smallest absolute Gasteiger partial charge is 0.326 e. The van der Waals surface area contributed by atoms with Gasteiger partial charge in [-0.3, -0.25) is 9.59 Å². The lowest BCUT2D eigenvalue weighted by molar-refractivity contribution is -0.145. The molecule has 1 heterocycles. The number of aryl methyl sites for hydroxylation is 1. The molecular weight excluding hydrogens is 476 g/mol. The van der Waals surface area contributed by atoms with E-state index in [9.17, 15) is 24.6 Å². The Kier molecular flexibility index (Phi) is 9.54. The summed E-state index contributed by atoms with van der Waals surface area (Å²) < 4.78 is 7.65. The molecule has 0 aliphatic rings. The van der Waals surface area contributed by atoms with E-state index in [4.69, 9.17) is 9.84 Å². The average molecular weight is 517 g/mol. The molecule has 0 aliphatic heterocycles. The van der Waals surface area contributed by atoms with Crippen molar-refractivity contribution in [1.82, 2.24) is 9.88 Å². The molecular formula is C28H40N2O7. The van der Waals surface area contributed by atoms with Gasteiger partial charge in [0.2, 0.25) is 0 Å². The summed E-state index contributed by atoms with van der Waals surface area (Å²) in [7, 11) is 1.75. The molecule has 37 heavy (non-hydrogen) atoms. The maximum absolute atomic E-state index is 12.9. The molecule has 0 saturated carbocycles. The lowest BCUT2D eigenvalue weighted by Gasteiger charge is -2.34. The van der Waals surface area contributed by atoms with E-state index in [0.29, 0.717) is 5.75 Å². The monoisotopic (exact) mass is 516 g/mol. The third-order valence-electron chi connectivity index (χ3n) is 7.16. The molecule has 9 nitrogen and oxygen atoms in total. The summed E-state index contributed by atoms with van der Waals surface area (Å²) in [6.07, 6.45) is 0.150. The first-order valence-electron chi connectivity index (χ1n) is 12.5. The number of carbonyl (C=O) groups excluding carboxylic acids is 1. The zero-order chi connectivity index (χ0) is 28.1. The maximum atomic E-state index is 12.9. The molecule has 0 bridgehead atoms. The van der Waals surface area contributed by atoms with Crippen molar-refractivity contribution in [2.75, 3.05) is 6.61 Å². The number of carbonyl (C=O) groups is 3. The Labute approximate surface area is 218 Å². The minimum absolute atomic E-state index is 0.186. The lowest BCUT2D eigenvalue weighted by Crippen LogP contribution is -2.43. The van der Waals surface area contributed by atoms with Crippen molar-refractivity contribution < 1.29 is 34.4 Å². The maximum Gasteiger partial charge on any atom is 0.326 e. The van der Waals surface area contributed by atoms with Crippen LogP contribution in [0.25, 0.3) is 0 Å². The van der Waals surface area contributed by atoms with Gasteiger partial charge in [-0.15, -0.1) is 0 Å².